The molecule has 3 aromatic carbocycles. The molecule has 0 unspecified atom stereocenters. The third kappa shape index (κ3) is 5.53. The van der Waals surface area contributed by atoms with Gasteiger partial charge in [-0.25, -0.2) is 4.98 Å². The number of ketones is 1. The lowest BCUT2D eigenvalue weighted by molar-refractivity contribution is 0.0627. The Bertz CT molecular complexity index is 1770. The molecule has 1 saturated heterocycles. The van der Waals surface area contributed by atoms with Gasteiger partial charge in [-0.05, 0) is 54.4 Å². The first-order valence-electron chi connectivity index (χ1n) is 13.9. The fraction of sp³-hybridized carbons (Fsp3) is 0.206. The van der Waals surface area contributed by atoms with Gasteiger partial charge in [-0.3, -0.25) is 14.5 Å². The van der Waals surface area contributed by atoms with E-state index in [1.807, 2.05) is 65.6 Å². The molecule has 0 spiro atoms. The van der Waals surface area contributed by atoms with Gasteiger partial charge in [-0.2, -0.15) is 0 Å². The van der Waals surface area contributed by atoms with Crippen molar-refractivity contribution in [2.45, 2.75) is 13.5 Å². The third-order valence-electron chi connectivity index (χ3n) is 7.82. The molecule has 42 heavy (non-hydrogen) atoms. The number of halogens is 1. The van der Waals surface area contributed by atoms with Crippen molar-refractivity contribution in [1.82, 2.24) is 19.2 Å². The number of amides is 1. The van der Waals surface area contributed by atoms with Gasteiger partial charge in [0.2, 0.25) is 0 Å². The second-order valence-corrected chi connectivity index (χ2v) is 10.9. The van der Waals surface area contributed by atoms with Gasteiger partial charge in [0.25, 0.3) is 5.91 Å². The van der Waals surface area contributed by atoms with Gasteiger partial charge in [-0.1, -0.05) is 60.1 Å². The van der Waals surface area contributed by atoms with E-state index in [0.29, 0.717) is 35.8 Å². The van der Waals surface area contributed by atoms with Crippen LogP contribution in [0.2, 0.25) is 5.02 Å². The predicted molar refractivity (Wildman–Crippen MR) is 165 cm³/mol. The smallest absolute Gasteiger partial charge is 0.255 e. The summed E-state index contributed by atoms with van der Waals surface area (Å²) in [6.45, 7) is 4.92. The van der Waals surface area contributed by atoms with Crippen LogP contribution in [0.15, 0.2) is 91.1 Å². The van der Waals surface area contributed by atoms with E-state index < -0.39 is 0 Å². The number of Topliss-reactive ketones (excluding diaryl/α,β-unsaturated/α-hetero) is 1. The molecule has 0 saturated carbocycles. The van der Waals surface area contributed by atoms with Crippen molar-refractivity contribution in [2.24, 2.45) is 0 Å². The number of rotatable bonds is 7. The lowest BCUT2D eigenvalue weighted by Gasteiger charge is -2.35. The van der Waals surface area contributed by atoms with Crippen molar-refractivity contribution < 1.29 is 14.3 Å². The molecule has 1 amide bonds. The number of benzene rings is 3. The summed E-state index contributed by atoms with van der Waals surface area (Å²) < 4.78 is 7.66. The molecular formula is C34H31ClN4O3. The summed E-state index contributed by atoms with van der Waals surface area (Å²) in [6.07, 6.45) is 2.11. The molecule has 1 aliphatic heterocycles. The zero-order valence-corrected chi connectivity index (χ0v) is 24.3. The maximum absolute atomic E-state index is 13.1. The Labute approximate surface area is 249 Å². The quantitative estimate of drug-likeness (QED) is 0.207. The number of fused-ring (bicyclic) bond motifs is 1. The van der Waals surface area contributed by atoms with E-state index in [0.717, 1.165) is 52.6 Å². The summed E-state index contributed by atoms with van der Waals surface area (Å²) in [5.74, 6) is 0.784. The second kappa shape index (κ2) is 11.8. The standard InChI is InChI=1S/C34H31ClN4O3/c1-23(40)24-10-12-25(13-11-24)27-14-15-32-36-33(26-6-5-7-28(20-26)42-2)31(39(32)21-27)22-37-16-18-38(19-17-37)34(41)29-8-3-4-9-30(29)35/h3-15,20-21H,16-19,22H2,1-2H3. The molecule has 0 radical (unpaired) electrons. The minimum absolute atomic E-state index is 0.0347. The van der Waals surface area contributed by atoms with Gasteiger partial charge in [0, 0.05) is 50.0 Å². The van der Waals surface area contributed by atoms with E-state index in [9.17, 15) is 9.59 Å². The number of aromatic nitrogens is 2. The zero-order valence-electron chi connectivity index (χ0n) is 23.6. The Balaban J connectivity index is 1.32. The first-order chi connectivity index (χ1) is 20.4. The Morgan fingerprint density at radius 3 is 2.31 bits per heavy atom. The van der Waals surface area contributed by atoms with E-state index >= 15 is 0 Å². The van der Waals surface area contributed by atoms with E-state index in [1.54, 1.807) is 26.2 Å². The zero-order chi connectivity index (χ0) is 29.2. The number of carbonyl (C=O) groups is 2. The van der Waals surface area contributed by atoms with Crippen LogP contribution in [0.3, 0.4) is 0 Å². The Hall–Kier alpha value is -4.46. The minimum Gasteiger partial charge on any atom is -0.497 e. The number of hydrogen-bond acceptors (Lipinski definition) is 5. The highest BCUT2D eigenvalue weighted by molar-refractivity contribution is 6.33. The van der Waals surface area contributed by atoms with Crippen molar-refractivity contribution in [3.05, 3.63) is 113 Å². The summed E-state index contributed by atoms with van der Waals surface area (Å²) in [5.41, 5.74) is 7.07. The van der Waals surface area contributed by atoms with Crippen LogP contribution >= 0.6 is 11.6 Å². The predicted octanol–water partition coefficient (Wildman–Crippen LogP) is 6.49. The maximum Gasteiger partial charge on any atom is 0.255 e. The molecule has 0 bridgehead atoms. The number of piperazine rings is 1. The highest BCUT2D eigenvalue weighted by atomic mass is 35.5. The number of pyridine rings is 1. The van der Waals surface area contributed by atoms with Crippen LogP contribution < -0.4 is 4.74 Å². The maximum atomic E-state index is 13.1. The molecular weight excluding hydrogens is 548 g/mol. The highest BCUT2D eigenvalue weighted by Crippen LogP contribution is 2.31. The first kappa shape index (κ1) is 27.7. The molecule has 8 heteroatoms. The molecule has 3 heterocycles. The molecule has 1 aliphatic rings. The number of hydrogen-bond donors (Lipinski definition) is 0. The molecule has 0 atom stereocenters. The lowest BCUT2D eigenvalue weighted by Crippen LogP contribution is -2.48. The monoisotopic (exact) mass is 578 g/mol. The van der Waals surface area contributed by atoms with Crippen LogP contribution in [0, 0.1) is 0 Å². The average Bonchev–Trinajstić information content (AvgIpc) is 3.38. The minimum atomic E-state index is -0.0347. The molecule has 2 aromatic heterocycles. The molecule has 7 nitrogen and oxygen atoms in total. The summed E-state index contributed by atoms with van der Waals surface area (Å²) in [7, 11) is 1.66. The Kier molecular flexibility index (Phi) is 7.78. The van der Waals surface area contributed by atoms with Gasteiger partial charge >= 0.3 is 0 Å². The van der Waals surface area contributed by atoms with Crippen molar-refractivity contribution in [1.29, 1.82) is 0 Å². The molecule has 212 valence electrons. The van der Waals surface area contributed by atoms with Gasteiger partial charge in [0.15, 0.2) is 5.78 Å². The summed E-state index contributed by atoms with van der Waals surface area (Å²) in [4.78, 5) is 34.2. The SMILES string of the molecule is COc1cccc(-c2nc3ccc(-c4ccc(C(C)=O)cc4)cn3c2CN2CCN(C(=O)c3ccccc3Cl)CC2)c1. The largest absolute Gasteiger partial charge is 0.497 e. The fourth-order valence-corrected chi connectivity index (χ4v) is 5.66. The molecule has 6 rings (SSSR count). The Morgan fingerprint density at radius 1 is 0.857 bits per heavy atom. The van der Waals surface area contributed by atoms with Gasteiger partial charge in [0.1, 0.15) is 11.4 Å². The molecule has 0 N–H and O–H groups in total. The van der Waals surface area contributed by atoms with E-state index in [2.05, 4.69) is 27.6 Å². The van der Waals surface area contributed by atoms with Crippen LogP contribution in [0.4, 0.5) is 0 Å². The van der Waals surface area contributed by atoms with E-state index in [4.69, 9.17) is 21.3 Å². The van der Waals surface area contributed by atoms with Crippen molar-refractivity contribution in [3.63, 3.8) is 0 Å². The summed E-state index contributed by atoms with van der Waals surface area (Å²) in [5, 5.41) is 0.477. The van der Waals surface area contributed by atoms with Crippen molar-refractivity contribution in [2.75, 3.05) is 33.3 Å². The number of imidazole rings is 1. The van der Waals surface area contributed by atoms with Gasteiger partial charge in [0.05, 0.1) is 29.1 Å². The highest BCUT2D eigenvalue weighted by Gasteiger charge is 2.25. The molecule has 1 fully saturated rings. The van der Waals surface area contributed by atoms with Crippen molar-refractivity contribution >= 4 is 28.9 Å². The van der Waals surface area contributed by atoms with E-state index in [1.165, 1.54) is 0 Å². The van der Waals surface area contributed by atoms with Gasteiger partial charge < -0.3 is 14.0 Å². The summed E-state index contributed by atoms with van der Waals surface area (Å²) >= 11 is 6.30. The lowest BCUT2D eigenvalue weighted by atomic mass is 10.0. The van der Waals surface area contributed by atoms with Crippen LogP contribution in [-0.4, -0.2) is 64.2 Å². The van der Waals surface area contributed by atoms with Crippen LogP contribution in [-0.2, 0) is 6.54 Å². The van der Waals surface area contributed by atoms with Crippen LogP contribution in [0.5, 0.6) is 5.75 Å². The average molecular weight is 579 g/mol. The number of ether oxygens (including phenoxy) is 1. The molecule has 5 aromatic rings. The second-order valence-electron chi connectivity index (χ2n) is 10.5. The third-order valence-corrected chi connectivity index (χ3v) is 8.15. The Morgan fingerprint density at radius 2 is 1.60 bits per heavy atom. The van der Waals surface area contributed by atoms with E-state index in [-0.39, 0.29) is 11.7 Å². The van der Waals surface area contributed by atoms with Gasteiger partial charge in [-0.15, -0.1) is 0 Å². The van der Waals surface area contributed by atoms with Crippen molar-refractivity contribution in [3.8, 4) is 28.1 Å². The van der Waals surface area contributed by atoms with Crippen LogP contribution in [0.25, 0.3) is 28.0 Å². The van der Waals surface area contributed by atoms with Crippen LogP contribution in [0.1, 0.15) is 33.3 Å². The number of carbonyl (C=O) groups excluding carboxylic acids is 2. The fourth-order valence-electron chi connectivity index (χ4n) is 5.44. The summed E-state index contributed by atoms with van der Waals surface area (Å²) in [6, 6.07) is 26.9. The normalized spacial score (nSPS) is 13.8. The topological polar surface area (TPSA) is 67.2 Å². The molecule has 0 aliphatic carbocycles. The first-order valence-corrected chi connectivity index (χ1v) is 14.3. The number of methoxy groups -OCH3 is 1. The number of nitrogens with zero attached hydrogens (tertiary/aromatic N) is 4.